The van der Waals surface area contributed by atoms with E-state index in [0.29, 0.717) is 27.8 Å². The Kier molecular flexibility index (Phi) is 3.48. The van der Waals surface area contributed by atoms with E-state index in [9.17, 15) is 0 Å². The lowest BCUT2D eigenvalue weighted by molar-refractivity contribution is 0.345. The third-order valence-corrected chi connectivity index (χ3v) is 4.20. The van der Waals surface area contributed by atoms with Gasteiger partial charge >= 0.3 is 0 Å². The Balaban J connectivity index is 1.90. The van der Waals surface area contributed by atoms with Crippen LogP contribution in [0.1, 0.15) is 25.2 Å². The van der Waals surface area contributed by atoms with Gasteiger partial charge in [-0.15, -0.1) is 0 Å². The smallest absolute Gasteiger partial charge is 0.231 e. The van der Waals surface area contributed by atoms with Crippen LogP contribution < -0.4 is 5.32 Å². The number of aromatic nitrogens is 2. The van der Waals surface area contributed by atoms with E-state index in [2.05, 4.69) is 22.4 Å². The Morgan fingerprint density at radius 1 is 1.32 bits per heavy atom. The molecule has 1 aliphatic rings. The quantitative estimate of drug-likeness (QED) is 0.921. The molecule has 0 aliphatic carbocycles. The summed E-state index contributed by atoms with van der Waals surface area (Å²) < 4.78 is 5.37. The number of nitrogens with zero attached hydrogens (tertiary/aromatic N) is 2. The Hall–Kier alpha value is -1.10. The second-order valence-electron chi connectivity index (χ2n) is 4.72. The average molecular weight is 298 g/mol. The molecule has 1 aromatic heterocycles. The molecule has 100 valence electrons. The van der Waals surface area contributed by atoms with E-state index in [0.717, 1.165) is 18.5 Å². The summed E-state index contributed by atoms with van der Waals surface area (Å²) in [5.41, 5.74) is 0.808. The summed E-state index contributed by atoms with van der Waals surface area (Å²) in [4.78, 5) is 4.46. The van der Waals surface area contributed by atoms with Crippen molar-refractivity contribution in [2.24, 2.45) is 0 Å². The van der Waals surface area contributed by atoms with Crippen molar-refractivity contribution in [2.45, 2.75) is 25.3 Å². The van der Waals surface area contributed by atoms with Crippen molar-refractivity contribution in [2.75, 3.05) is 6.54 Å². The fourth-order valence-electron chi connectivity index (χ4n) is 2.33. The maximum absolute atomic E-state index is 5.99. The van der Waals surface area contributed by atoms with Crippen molar-refractivity contribution in [3.05, 3.63) is 34.1 Å². The van der Waals surface area contributed by atoms with Crippen LogP contribution in [-0.2, 0) is 0 Å². The van der Waals surface area contributed by atoms with Gasteiger partial charge in [0.2, 0.25) is 11.7 Å². The second-order valence-corrected chi connectivity index (χ2v) is 5.54. The summed E-state index contributed by atoms with van der Waals surface area (Å²) in [6, 6.07) is 5.67. The molecule has 4 nitrogen and oxygen atoms in total. The molecule has 0 amide bonds. The monoisotopic (exact) mass is 297 g/mol. The summed E-state index contributed by atoms with van der Waals surface area (Å²) in [5.74, 6) is 1.51. The Morgan fingerprint density at radius 2 is 2.16 bits per heavy atom. The highest BCUT2D eigenvalue weighted by Crippen LogP contribution is 2.30. The van der Waals surface area contributed by atoms with Gasteiger partial charge in [0.1, 0.15) is 0 Å². The second kappa shape index (κ2) is 5.12. The SMILES string of the molecule is CC1NCCC1c1nc(-c2ccc(Cl)c(Cl)c2)no1. The first kappa shape index (κ1) is 12.9. The molecule has 3 rings (SSSR count). The van der Waals surface area contributed by atoms with Crippen molar-refractivity contribution in [3.63, 3.8) is 0 Å². The minimum absolute atomic E-state index is 0.282. The molecule has 2 heterocycles. The molecule has 1 fully saturated rings. The van der Waals surface area contributed by atoms with Crippen LogP contribution in [0.4, 0.5) is 0 Å². The molecule has 1 aromatic carbocycles. The van der Waals surface area contributed by atoms with Crippen molar-refractivity contribution in [3.8, 4) is 11.4 Å². The largest absolute Gasteiger partial charge is 0.339 e. The van der Waals surface area contributed by atoms with Crippen LogP contribution in [0.25, 0.3) is 11.4 Å². The molecule has 0 spiro atoms. The van der Waals surface area contributed by atoms with Crippen molar-refractivity contribution in [1.82, 2.24) is 15.5 Å². The van der Waals surface area contributed by atoms with Crippen LogP contribution in [0.3, 0.4) is 0 Å². The van der Waals surface area contributed by atoms with Gasteiger partial charge in [-0.3, -0.25) is 0 Å². The summed E-state index contributed by atoms with van der Waals surface area (Å²) in [7, 11) is 0. The van der Waals surface area contributed by atoms with Crippen LogP contribution in [0, 0.1) is 0 Å². The number of hydrogen-bond donors (Lipinski definition) is 1. The number of hydrogen-bond acceptors (Lipinski definition) is 4. The number of halogens is 2. The summed E-state index contributed by atoms with van der Waals surface area (Å²) in [5, 5.41) is 8.39. The van der Waals surface area contributed by atoms with Gasteiger partial charge in [-0.2, -0.15) is 4.98 Å². The zero-order chi connectivity index (χ0) is 13.4. The Bertz CT molecular complexity index is 599. The van der Waals surface area contributed by atoms with E-state index in [1.165, 1.54) is 0 Å². The van der Waals surface area contributed by atoms with Crippen LogP contribution in [0.2, 0.25) is 10.0 Å². The molecule has 1 N–H and O–H groups in total. The third-order valence-electron chi connectivity index (χ3n) is 3.46. The van der Waals surface area contributed by atoms with Crippen molar-refractivity contribution < 1.29 is 4.52 Å². The van der Waals surface area contributed by atoms with E-state index < -0.39 is 0 Å². The van der Waals surface area contributed by atoms with E-state index in [4.69, 9.17) is 27.7 Å². The molecular weight excluding hydrogens is 285 g/mol. The molecule has 1 aliphatic heterocycles. The summed E-state index contributed by atoms with van der Waals surface area (Å²) in [6.45, 7) is 3.11. The van der Waals surface area contributed by atoms with Gasteiger partial charge in [0.05, 0.1) is 16.0 Å². The highest BCUT2D eigenvalue weighted by Gasteiger charge is 2.29. The van der Waals surface area contributed by atoms with Gasteiger partial charge in [0.25, 0.3) is 0 Å². The van der Waals surface area contributed by atoms with Crippen LogP contribution in [0.5, 0.6) is 0 Å². The Labute approximate surface area is 121 Å². The first-order valence-electron chi connectivity index (χ1n) is 6.17. The molecule has 2 aromatic rings. The molecule has 19 heavy (non-hydrogen) atoms. The number of benzene rings is 1. The third kappa shape index (κ3) is 2.48. The number of nitrogens with one attached hydrogen (secondary N) is 1. The molecule has 6 heteroatoms. The zero-order valence-electron chi connectivity index (χ0n) is 10.4. The predicted octanol–water partition coefficient (Wildman–Crippen LogP) is 3.51. The average Bonchev–Trinajstić information content (AvgIpc) is 3.01. The molecule has 2 atom stereocenters. The highest BCUT2D eigenvalue weighted by molar-refractivity contribution is 6.42. The molecule has 2 unspecified atom stereocenters. The highest BCUT2D eigenvalue weighted by atomic mass is 35.5. The van der Waals surface area contributed by atoms with E-state index in [1.807, 2.05) is 6.07 Å². The summed E-state index contributed by atoms with van der Waals surface area (Å²) >= 11 is 11.9. The molecule has 0 radical (unpaired) electrons. The van der Waals surface area contributed by atoms with Gasteiger partial charge in [0, 0.05) is 11.6 Å². The fourth-order valence-corrected chi connectivity index (χ4v) is 2.63. The number of rotatable bonds is 2. The molecule has 0 saturated carbocycles. The standard InChI is InChI=1S/C13H13Cl2N3O/c1-7-9(4-5-16-7)13-17-12(18-19-13)8-2-3-10(14)11(15)6-8/h2-3,6-7,9,16H,4-5H2,1H3. The Morgan fingerprint density at radius 3 is 2.84 bits per heavy atom. The normalized spacial score (nSPS) is 22.9. The van der Waals surface area contributed by atoms with Crippen molar-refractivity contribution >= 4 is 23.2 Å². The van der Waals surface area contributed by atoms with Gasteiger partial charge in [0.15, 0.2) is 0 Å². The lowest BCUT2D eigenvalue weighted by atomic mass is 10.0. The lowest BCUT2D eigenvalue weighted by Gasteiger charge is -2.08. The maximum Gasteiger partial charge on any atom is 0.231 e. The van der Waals surface area contributed by atoms with Crippen molar-refractivity contribution in [1.29, 1.82) is 0 Å². The van der Waals surface area contributed by atoms with Crippen LogP contribution in [0.15, 0.2) is 22.7 Å². The van der Waals surface area contributed by atoms with Gasteiger partial charge in [-0.05, 0) is 38.1 Å². The van der Waals surface area contributed by atoms with Gasteiger partial charge < -0.3 is 9.84 Å². The minimum Gasteiger partial charge on any atom is -0.339 e. The van der Waals surface area contributed by atoms with Gasteiger partial charge in [-0.25, -0.2) is 0 Å². The van der Waals surface area contributed by atoms with E-state index in [-0.39, 0.29) is 5.92 Å². The van der Waals surface area contributed by atoms with Crippen LogP contribution in [-0.4, -0.2) is 22.7 Å². The van der Waals surface area contributed by atoms with E-state index >= 15 is 0 Å². The topological polar surface area (TPSA) is 51.0 Å². The fraction of sp³-hybridized carbons (Fsp3) is 0.385. The first-order valence-corrected chi connectivity index (χ1v) is 6.93. The van der Waals surface area contributed by atoms with Crippen LogP contribution >= 0.6 is 23.2 Å². The predicted molar refractivity (Wildman–Crippen MR) is 74.6 cm³/mol. The molecule has 0 bridgehead atoms. The maximum atomic E-state index is 5.99. The minimum atomic E-state index is 0.282. The van der Waals surface area contributed by atoms with E-state index in [1.54, 1.807) is 12.1 Å². The zero-order valence-corrected chi connectivity index (χ0v) is 11.9. The first-order chi connectivity index (χ1) is 9.15. The lowest BCUT2D eigenvalue weighted by Crippen LogP contribution is -2.21. The van der Waals surface area contributed by atoms with Gasteiger partial charge in [-0.1, -0.05) is 28.4 Å². The molecular formula is C13H13Cl2N3O. The molecule has 1 saturated heterocycles. The summed E-state index contributed by atoms with van der Waals surface area (Å²) in [6.07, 6.45) is 1.02.